The number of amides is 1. The molecule has 0 bridgehead atoms. The third-order valence-corrected chi connectivity index (χ3v) is 4.10. The molecule has 1 amide bonds. The van der Waals surface area contributed by atoms with Crippen LogP contribution in [0, 0.1) is 11.3 Å². The van der Waals surface area contributed by atoms with E-state index in [9.17, 15) is 9.59 Å². The smallest absolute Gasteiger partial charge is 0.323 e. The van der Waals surface area contributed by atoms with Gasteiger partial charge in [-0.25, -0.2) is 0 Å². The second-order valence-electron chi connectivity index (χ2n) is 6.37. The van der Waals surface area contributed by atoms with Gasteiger partial charge in [-0.05, 0) is 18.8 Å². The predicted octanol–water partition coefficient (Wildman–Crippen LogP) is 1.85. The van der Waals surface area contributed by atoms with E-state index in [1.165, 1.54) is 4.90 Å². The Balaban J connectivity index is 2.90. The normalized spacial score (nSPS) is 18.6. The van der Waals surface area contributed by atoms with E-state index in [0.29, 0.717) is 13.1 Å². The maximum atomic E-state index is 12.9. The highest BCUT2D eigenvalue weighted by Gasteiger charge is 2.40. The molecule has 0 aromatic rings. The minimum atomic E-state index is -0.959. The SMILES string of the molecule is CC(C)CN(CC(=O)O)C(=O)C1(CN)CCCCCC1. The largest absolute Gasteiger partial charge is 0.480 e. The van der Waals surface area contributed by atoms with E-state index in [2.05, 4.69) is 0 Å². The van der Waals surface area contributed by atoms with Crippen LogP contribution in [-0.2, 0) is 9.59 Å². The number of carboxylic acid groups (broad SMARTS) is 1. The number of carbonyl (C=O) groups excluding carboxylic acids is 1. The standard InChI is InChI=1S/C15H28N2O3/c1-12(2)9-17(10-13(18)19)14(20)15(11-16)7-5-3-4-6-8-15/h12H,3-11,16H2,1-2H3,(H,18,19). The van der Waals surface area contributed by atoms with Crippen LogP contribution in [0.5, 0.6) is 0 Å². The lowest BCUT2D eigenvalue weighted by Gasteiger charge is -2.36. The molecule has 0 atom stereocenters. The van der Waals surface area contributed by atoms with E-state index in [-0.39, 0.29) is 18.4 Å². The highest BCUT2D eigenvalue weighted by atomic mass is 16.4. The van der Waals surface area contributed by atoms with E-state index in [4.69, 9.17) is 10.8 Å². The third-order valence-electron chi connectivity index (χ3n) is 4.10. The second-order valence-corrected chi connectivity index (χ2v) is 6.37. The Labute approximate surface area is 121 Å². The van der Waals surface area contributed by atoms with Crippen molar-refractivity contribution in [1.82, 2.24) is 4.90 Å². The van der Waals surface area contributed by atoms with Crippen molar-refractivity contribution in [2.75, 3.05) is 19.6 Å². The quantitative estimate of drug-likeness (QED) is 0.729. The first-order valence-corrected chi connectivity index (χ1v) is 7.62. The molecule has 1 rings (SSSR count). The Morgan fingerprint density at radius 2 is 1.75 bits per heavy atom. The Kier molecular flexibility index (Phi) is 6.46. The summed E-state index contributed by atoms with van der Waals surface area (Å²) in [5.41, 5.74) is 5.37. The molecule has 20 heavy (non-hydrogen) atoms. The molecular formula is C15H28N2O3. The van der Waals surface area contributed by atoms with Crippen molar-refractivity contribution < 1.29 is 14.7 Å². The number of hydrogen-bond donors (Lipinski definition) is 2. The minimum absolute atomic E-state index is 0.0574. The fourth-order valence-corrected chi connectivity index (χ4v) is 3.07. The Morgan fingerprint density at radius 1 is 1.20 bits per heavy atom. The van der Waals surface area contributed by atoms with E-state index < -0.39 is 11.4 Å². The van der Waals surface area contributed by atoms with Gasteiger partial charge in [0.15, 0.2) is 0 Å². The minimum Gasteiger partial charge on any atom is -0.480 e. The zero-order chi connectivity index (χ0) is 15.2. The van der Waals surface area contributed by atoms with E-state index in [0.717, 1.165) is 38.5 Å². The fourth-order valence-electron chi connectivity index (χ4n) is 3.07. The molecule has 0 saturated heterocycles. The number of carbonyl (C=O) groups is 2. The molecule has 1 aliphatic carbocycles. The first-order valence-electron chi connectivity index (χ1n) is 7.62. The monoisotopic (exact) mass is 284 g/mol. The van der Waals surface area contributed by atoms with Crippen molar-refractivity contribution in [3.63, 3.8) is 0 Å². The van der Waals surface area contributed by atoms with Gasteiger partial charge in [0.2, 0.25) is 5.91 Å². The third kappa shape index (κ3) is 4.47. The van der Waals surface area contributed by atoms with Crippen molar-refractivity contribution in [1.29, 1.82) is 0 Å². The van der Waals surface area contributed by atoms with Crippen LogP contribution in [0.1, 0.15) is 52.4 Å². The van der Waals surface area contributed by atoms with Crippen LogP contribution < -0.4 is 5.73 Å². The van der Waals surface area contributed by atoms with Crippen molar-refractivity contribution in [2.24, 2.45) is 17.1 Å². The van der Waals surface area contributed by atoms with Crippen LogP contribution in [0.4, 0.5) is 0 Å². The molecule has 0 aromatic carbocycles. The topological polar surface area (TPSA) is 83.6 Å². The summed E-state index contributed by atoms with van der Waals surface area (Å²) in [4.78, 5) is 25.4. The van der Waals surface area contributed by atoms with Gasteiger partial charge in [0.25, 0.3) is 0 Å². The summed E-state index contributed by atoms with van der Waals surface area (Å²) >= 11 is 0. The molecule has 1 saturated carbocycles. The van der Waals surface area contributed by atoms with Crippen molar-refractivity contribution in [3.05, 3.63) is 0 Å². The van der Waals surface area contributed by atoms with E-state index >= 15 is 0 Å². The van der Waals surface area contributed by atoms with Crippen LogP contribution in [-0.4, -0.2) is 41.5 Å². The first-order chi connectivity index (χ1) is 9.41. The van der Waals surface area contributed by atoms with Gasteiger partial charge in [-0.15, -0.1) is 0 Å². The van der Waals surface area contributed by atoms with Crippen LogP contribution in [0.25, 0.3) is 0 Å². The van der Waals surface area contributed by atoms with Gasteiger partial charge >= 0.3 is 5.97 Å². The van der Waals surface area contributed by atoms with Crippen LogP contribution in [0.2, 0.25) is 0 Å². The summed E-state index contributed by atoms with van der Waals surface area (Å²) < 4.78 is 0. The van der Waals surface area contributed by atoms with Gasteiger partial charge in [-0.2, -0.15) is 0 Å². The summed E-state index contributed by atoms with van der Waals surface area (Å²) in [6, 6.07) is 0. The lowest BCUT2D eigenvalue weighted by molar-refractivity contribution is -0.150. The molecule has 0 aromatic heterocycles. The van der Waals surface area contributed by atoms with Crippen LogP contribution in [0.15, 0.2) is 0 Å². The molecule has 0 unspecified atom stereocenters. The Bertz CT molecular complexity index is 334. The molecule has 0 radical (unpaired) electrons. The summed E-state index contributed by atoms with van der Waals surface area (Å²) in [5, 5.41) is 9.03. The highest BCUT2D eigenvalue weighted by molar-refractivity contribution is 5.86. The van der Waals surface area contributed by atoms with Gasteiger partial charge in [-0.3, -0.25) is 9.59 Å². The van der Waals surface area contributed by atoms with Gasteiger partial charge in [0.1, 0.15) is 6.54 Å². The van der Waals surface area contributed by atoms with Crippen LogP contribution >= 0.6 is 0 Å². The molecule has 116 valence electrons. The molecular weight excluding hydrogens is 256 g/mol. The maximum Gasteiger partial charge on any atom is 0.323 e. The molecule has 0 heterocycles. The highest BCUT2D eigenvalue weighted by Crippen LogP contribution is 2.36. The number of nitrogens with zero attached hydrogens (tertiary/aromatic N) is 1. The molecule has 1 fully saturated rings. The van der Waals surface area contributed by atoms with Crippen molar-refractivity contribution in [2.45, 2.75) is 52.4 Å². The molecule has 5 heteroatoms. The molecule has 5 nitrogen and oxygen atoms in total. The van der Waals surface area contributed by atoms with Gasteiger partial charge in [-0.1, -0.05) is 39.5 Å². The zero-order valence-corrected chi connectivity index (χ0v) is 12.7. The number of rotatable bonds is 6. The number of carboxylic acids is 1. The number of hydrogen-bond acceptors (Lipinski definition) is 3. The molecule has 1 aliphatic rings. The summed E-state index contributed by atoms with van der Waals surface area (Å²) in [6.45, 7) is 4.56. The van der Waals surface area contributed by atoms with Gasteiger partial charge < -0.3 is 15.7 Å². The fraction of sp³-hybridized carbons (Fsp3) is 0.867. The number of aliphatic carboxylic acids is 1. The van der Waals surface area contributed by atoms with Gasteiger partial charge in [0.05, 0.1) is 5.41 Å². The second kappa shape index (κ2) is 7.62. The first kappa shape index (κ1) is 17.0. The predicted molar refractivity (Wildman–Crippen MR) is 78.2 cm³/mol. The average molecular weight is 284 g/mol. The summed E-state index contributed by atoms with van der Waals surface area (Å²) in [7, 11) is 0. The van der Waals surface area contributed by atoms with E-state index in [1.54, 1.807) is 0 Å². The van der Waals surface area contributed by atoms with Crippen LogP contribution in [0.3, 0.4) is 0 Å². The average Bonchev–Trinajstić information content (AvgIpc) is 2.62. The van der Waals surface area contributed by atoms with Crippen molar-refractivity contribution >= 4 is 11.9 Å². The lowest BCUT2D eigenvalue weighted by atomic mass is 9.79. The number of nitrogens with two attached hydrogens (primary N) is 1. The molecule has 0 spiro atoms. The lowest BCUT2D eigenvalue weighted by Crippen LogP contribution is -2.50. The maximum absolute atomic E-state index is 12.9. The summed E-state index contributed by atoms with van der Waals surface area (Å²) in [5.74, 6) is -0.767. The molecule has 0 aliphatic heterocycles. The molecule has 3 N–H and O–H groups in total. The zero-order valence-electron chi connectivity index (χ0n) is 12.7. The Hall–Kier alpha value is -1.10. The van der Waals surface area contributed by atoms with Gasteiger partial charge in [0, 0.05) is 13.1 Å². The summed E-state index contributed by atoms with van der Waals surface area (Å²) in [6.07, 6.45) is 5.86. The Morgan fingerprint density at radius 3 is 2.15 bits per heavy atom. The van der Waals surface area contributed by atoms with E-state index in [1.807, 2.05) is 13.8 Å². The van der Waals surface area contributed by atoms with Crippen molar-refractivity contribution in [3.8, 4) is 0 Å².